The van der Waals surface area contributed by atoms with Crippen molar-refractivity contribution in [2.24, 2.45) is 17.3 Å². The van der Waals surface area contributed by atoms with E-state index >= 15 is 0 Å². The van der Waals surface area contributed by atoms with Crippen LogP contribution >= 0.6 is 30.1 Å². The first kappa shape index (κ1) is 15.4. The molecular formula is C14H21IOS. The highest BCUT2D eigenvalue weighted by atomic mass is 127. The van der Waals surface area contributed by atoms with Crippen molar-refractivity contribution in [2.45, 2.75) is 45.1 Å². The molecule has 2 rings (SSSR count). The van der Waals surface area contributed by atoms with Crippen molar-refractivity contribution < 1.29 is 5.11 Å². The van der Waals surface area contributed by atoms with E-state index in [4.69, 9.17) is 0 Å². The zero-order valence-corrected chi connectivity index (χ0v) is 13.4. The van der Waals surface area contributed by atoms with Gasteiger partial charge < -0.3 is 5.11 Å². The predicted octanol–water partition coefficient (Wildman–Crippen LogP) is 4.41. The molecule has 0 aromatic heterocycles. The molecule has 17 heavy (non-hydrogen) atoms. The van der Waals surface area contributed by atoms with Gasteiger partial charge in [0.1, 0.15) is 0 Å². The second-order valence-corrected chi connectivity index (χ2v) is 6.70. The summed E-state index contributed by atoms with van der Waals surface area (Å²) in [7, 11) is 1.57. The molecule has 4 unspecified atom stereocenters. The summed E-state index contributed by atoms with van der Waals surface area (Å²) in [6.45, 7) is 8.34. The standard InChI is InChI=1S/C12H17IOS.C2H4/c1-12-7-2-3-11(14)10(12)5-4-9(12)6-8-15-13;1-2/h9-11,14H,2-5,7H2,1H3;1-2H2. The van der Waals surface area contributed by atoms with Gasteiger partial charge in [-0.1, -0.05) is 19.3 Å². The zero-order valence-electron chi connectivity index (χ0n) is 10.4. The third-order valence-electron chi connectivity index (χ3n) is 4.36. The molecular weight excluding hydrogens is 343 g/mol. The van der Waals surface area contributed by atoms with Gasteiger partial charge in [0.2, 0.25) is 0 Å². The average molecular weight is 364 g/mol. The second kappa shape index (κ2) is 7.06. The summed E-state index contributed by atoms with van der Waals surface area (Å²) < 4.78 is 0. The van der Waals surface area contributed by atoms with Crippen molar-refractivity contribution in [3.8, 4) is 11.2 Å². The molecule has 1 N–H and O–H groups in total. The molecule has 2 aliphatic rings. The number of halogens is 1. The van der Waals surface area contributed by atoms with E-state index in [1.807, 2.05) is 0 Å². The number of aliphatic hydroxyl groups excluding tert-OH is 1. The predicted molar refractivity (Wildman–Crippen MR) is 84.8 cm³/mol. The summed E-state index contributed by atoms with van der Waals surface area (Å²) in [5.74, 6) is 4.40. The van der Waals surface area contributed by atoms with E-state index < -0.39 is 0 Å². The SMILES string of the molecule is C=C.CC12CCCC(O)C1CCC2C#CSI. The lowest BCUT2D eigenvalue weighted by Gasteiger charge is -2.41. The maximum atomic E-state index is 10.0. The van der Waals surface area contributed by atoms with E-state index in [0.717, 1.165) is 6.42 Å². The minimum atomic E-state index is -0.0668. The second-order valence-electron chi connectivity index (χ2n) is 5.03. The number of hydrogen-bond acceptors (Lipinski definition) is 2. The van der Waals surface area contributed by atoms with Gasteiger partial charge in [-0.25, -0.2) is 0 Å². The zero-order chi connectivity index (χ0) is 12.9. The molecule has 0 radical (unpaired) electrons. The summed E-state index contributed by atoms with van der Waals surface area (Å²) >= 11 is 2.22. The average Bonchev–Trinajstić information content (AvgIpc) is 2.67. The van der Waals surface area contributed by atoms with Gasteiger partial charge in [0.05, 0.1) is 6.10 Å². The van der Waals surface area contributed by atoms with Crippen molar-refractivity contribution in [3.05, 3.63) is 13.2 Å². The fourth-order valence-electron chi connectivity index (χ4n) is 3.48. The molecule has 0 heterocycles. The number of hydrogen-bond donors (Lipinski definition) is 1. The highest BCUT2D eigenvalue weighted by Crippen LogP contribution is 2.55. The van der Waals surface area contributed by atoms with Crippen LogP contribution in [0.5, 0.6) is 0 Å². The van der Waals surface area contributed by atoms with Crippen molar-refractivity contribution in [2.75, 3.05) is 0 Å². The van der Waals surface area contributed by atoms with E-state index in [-0.39, 0.29) is 11.5 Å². The van der Waals surface area contributed by atoms with Crippen LogP contribution < -0.4 is 0 Å². The molecule has 0 bridgehead atoms. The Bertz CT molecular complexity index is 309. The van der Waals surface area contributed by atoms with Gasteiger partial charge in [-0.2, -0.15) is 0 Å². The van der Waals surface area contributed by atoms with E-state index in [0.29, 0.717) is 11.8 Å². The molecule has 96 valence electrons. The first-order chi connectivity index (χ1) is 8.18. The molecule has 4 atom stereocenters. The molecule has 0 saturated heterocycles. The third kappa shape index (κ3) is 3.21. The van der Waals surface area contributed by atoms with Gasteiger partial charge >= 0.3 is 0 Å². The van der Waals surface area contributed by atoms with Crippen LogP contribution in [0.15, 0.2) is 13.2 Å². The number of aliphatic hydroxyl groups is 1. The van der Waals surface area contributed by atoms with Crippen molar-refractivity contribution >= 4 is 30.1 Å². The lowest BCUT2D eigenvalue weighted by Crippen LogP contribution is -2.39. The Balaban J connectivity index is 0.000000686. The fraction of sp³-hybridized carbons (Fsp3) is 0.714. The van der Waals surface area contributed by atoms with Crippen LogP contribution in [0.4, 0.5) is 0 Å². The molecule has 1 nitrogen and oxygen atoms in total. The Morgan fingerprint density at radius 3 is 2.71 bits per heavy atom. The summed E-state index contributed by atoms with van der Waals surface area (Å²) in [5, 5.41) is 13.2. The topological polar surface area (TPSA) is 20.2 Å². The van der Waals surface area contributed by atoms with Crippen LogP contribution in [0, 0.1) is 28.4 Å². The lowest BCUT2D eigenvalue weighted by atomic mass is 9.64. The summed E-state index contributed by atoms with van der Waals surface area (Å²) in [6.07, 6.45) is 5.71. The van der Waals surface area contributed by atoms with Gasteiger partial charge in [-0.05, 0) is 51.2 Å². The van der Waals surface area contributed by atoms with Crippen LogP contribution in [0.2, 0.25) is 0 Å². The van der Waals surface area contributed by atoms with Crippen LogP contribution in [-0.4, -0.2) is 11.2 Å². The molecule has 3 heteroatoms. The fourth-order valence-corrected chi connectivity index (χ4v) is 4.05. The lowest BCUT2D eigenvalue weighted by molar-refractivity contribution is -0.00792. The smallest absolute Gasteiger partial charge is 0.0574 e. The Kier molecular flexibility index (Phi) is 6.39. The maximum absolute atomic E-state index is 10.0. The van der Waals surface area contributed by atoms with Gasteiger partial charge in [-0.15, -0.1) is 13.2 Å². The quantitative estimate of drug-likeness (QED) is 0.390. The largest absolute Gasteiger partial charge is 0.393 e. The molecule has 2 aliphatic carbocycles. The Hall–Kier alpha value is 0.340. The normalized spacial score (nSPS) is 39.4. The molecule has 2 fully saturated rings. The highest BCUT2D eigenvalue weighted by Gasteiger charge is 2.50. The Morgan fingerprint density at radius 2 is 2.06 bits per heavy atom. The first-order valence-corrected chi connectivity index (χ1v) is 9.50. The maximum Gasteiger partial charge on any atom is 0.0574 e. The Labute approximate surface area is 121 Å². The van der Waals surface area contributed by atoms with Gasteiger partial charge in [-0.3, -0.25) is 0 Å². The van der Waals surface area contributed by atoms with E-state index in [1.54, 1.807) is 8.93 Å². The van der Waals surface area contributed by atoms with Crippen LogP contribution in [-0.2, 0) is 0 Å². The van der Waals surface area contributed by atoms with Crippen LogP contribution in [0.1, 0.15) is 39.0 Å². The van der Waals surface area contributed by atoms with Gasteiger partial charge in [0.25, 0.3) is 0 Å². The summed E-state index contributed by atoms with van der Waals surface area (Å²) in [4.78, 5) is 0. The van der Waals surface area contributed by atoms with Gasteiger partial charge in [0, 0.05) is 27.1 Å². The monoisotopic (exact) mass is 364 g/mol. The third-order valence-corrected chi connectivity index (χ3v) is 5.22. The number of fused-ring (bicyclic) bond motifs is 1. The van der Waals surface area contributed by atoms with E-state index in [9.17, 15) is 5.11 Å². The molecule has 0 spiro atoms. The highest BCUT2D eigenvalue weighted by molar-refractivity contribution is 14.2. The van der Waals surface area contributed by atoms with E-state index in [2.05, 4.69) is 52.5 Å². The van der Waals surface area contributed by atoms with Crippen molar-refractivity contribution in [1.82, 2.24) is 0 Å². The minimum Gasteiger partial charge on any atom is -0.393 e. The van der Waals surface area contributed by atoms with Crippen molar-refractivity contribution in [3.63, 3.8) is 0 Å². The molecule has 0 aromatic rings. The van der Waals surface area contributed by atoms with Crippen molar-refractivity contribution in [1.29, 1.82) is 0 Å². The summed E-state index contributed by atoms with van der Waals surface area (Å²) in [5.41, 5.74) is 0.289. The van der Waals surface area contributed by atoms with Gasteiger partial charge in [0.15, 0.2) is 0 Å². The molecule has 0 amide bonds. The Morgan fingerprint density at radius 1 is 1.35 bits per heavy atom. The minimum absolute atomic E-state index is 0.0668. The first-order valence-electron chi connectivity index (χ1n) is 6.14. The molecule has 0 aliphatic heterocycles. The number of rotatable bonds is 0. The summed E-state index contributed by atoms with van der Waals surface area (Å²) in [6, 6.07) is 0. The van der Waals surface area contributed by atoms with Crippen LogP contribution in [0.3, 0.4) is 0 Å². The molecule has 0 aromatic carbocycles. The molecule has 2 saturated carbocycles. The van der Waals surface area contributed by atoms with E-state index in [1.165, 1.54) is 25.7 Å². The van der Waals surface area contributed by atoms with Crippen LogP contribution in [0.25, 0.3) is 0 Å².